The second-order valence-electron chi connectivity index (χ2n) is 3.42. The minimum absolute atomic E-state index is 0.0648. The average Bonchev–Trinajstić information content (AvgIpc) is 2.26. The van der Waals surface area contributed by atoms with Gasteiger partial charge in [0.1, 0.15) is 11.0 Å². The van der Waals surface area contributed by atoms with Crippen molar-refractivity contribution in [1.82, 2.24) is 9.97 Å². The fourth-order valence-corrected chi connectivity index (χ4v) is 2.21. The lowest BCUT2D eigenvalue weighted by atomic mass is 10.2. The summed E-state index contributed by atoms with van der Waals surface area (Å²) in [6.45, 7) is 0. The molecule has 1 amide bonds. The van der Waals surface area contributed by atoms with Gasteiger partial charge in [0, 0.05) is 11.1 Å². The van der Waals surface area contributed by atoms with Crippen LogP contribution >= 0.6 is 46.4 Å². The first-order chi connectivity index (χ1) is 8.95. The molecule has 0 atom stereocenters. The van der Waals surface area contributed by atoms with E-state index in [-0.39, 0.29) is 26.8 Å². The summed E-state index contributed by atoms with van der Waals surface area (Å²) < 4.78 is 0. The van der Waals surface area contributed by atoms with E-state index in [1.807, 2.05) is 0 Å². The van der Waals surface area contributed by atoms with Crippen LogP contribution in [0.4, 0.5) is 5.82 Å². The minimum atomic E-state index is -0.451. The number of rotatable bonds is 2. The number of anilines is 1. The molecule has 0 unspecified atom stereocenters. The third kappa shape index (κ3) is 3.70. The van der Waals surface area contributed by atoms with Crippen LogP contribution in [0.15, 0.2) is 24.3 Å². The highest BCUT2D eigenvalue weighted by molar-refractivity contribution is 6.37. The second-order valence-corrected chi connectivity index (χ2v) is 4.99. The lowest BCUT2D eigenvalue weighted by Crippen LogP contribution is -2.13. The molecule has 4 nitrogen and oxygen atoms in total. The van der Waals surface area contributed by atoms with Gasteiger partial charge >= 0.3 is 0 Å². The van der Waals surface area contributed by atoms with Gasteiger partial charge in [-0.2, -0.15) is 0 Å². The largest absolute Gasteiger partial charge is 0.306 e. The number of halogens is 4. The van der Waals surface area contributed by atoms with Gasteiger partial charge in [0.25, 0.3) is 5.91 Å². The molecule has 0 bridgehead atoms. The molecule has 1 aromatic heterocycles. The van der Waals surface area contributed by atoms with Crippen LogP contribution in [0.2, 0.25) is 20.5 Å². The molecular weight excluding hydrogens is 332 g/mol. The smallest absolute Gasteiger partial charge is 0.258 e. The first kappa shape index (κ1) is 14.3. The Labute approximate surface area is 128 Å². The monoisotopic (exact) mass is 335 g/mol. The van der Waals surface area contributed by atoms with Crippen LogP contribution in [0.25, 0.3) is 0 Å². The predicted molar refractivity (Wildman–Crippen MR) is 76.5 cm³/mol. The molecule has 1 heterocycles. The van der Waals surface area contributed by atoms with Crippen LogP contribution in [0.3, 0.4) is 0 Å². The zero-order valence-electron chi connectivity index (χ0n) is 9.12. The van der Waals surface area contributed by atoms with Crippen molar-refractivity contribution in [2.24, 2.45) is 0 Å². The van der Waals surface area contributed by atoms with Crippen molar-refractivity contribution in [2.75, 3.05) is 5.32 Å². The number of benzene rings is 1. The van der Waals surface area contributed by atoms with Crippen LogP contribution < -0.4 is 5.32 Å². The van der Waals surface area contributed by atoms with Gasteiger partial charge in [-0.3, -0.25) is 4.79 Å². The molecule has 0 aliphatic rings. The van der Waals surface area contributed by atoms with Gasteiger partial charge in [-0.15, -0.1) is 0 Å². The number of hydrogen-bond donors (Lipinski definition) is 1. The summed E-state index contributed by atoms with van der Waals surface area (Å²) in [5.74, 6) is -0.270. The Morgan fingerprint density at radius 1 is 1.05 bits per heavy atom. The van der Waals surface area contributed by atoms with Crippen LogP contribution in [0.5, 0.6) is 0 Å². The van der Waals surface area contributed by atoms with Gasteiger partial charge in [-0.25, -0.2) is 9.97 Å². The van der Waals surface area contributed by atoms with Gasteiger partial charge in [-0.1, -0.05) is 34.8 Å². The highest BCUT2D eigenvalue weighted by atomic mass is 35.5. The lowest BCUT2D eigenvalue weighted by molar-refractivity contribution is 0.102. The molecule has 1 aromatic carbocycles. The van der Waals surface area contributed by atoms with E-state index in [1.165, 1.54) is 18.2 Å². The Balaban J connectivity index is 2.25. The van der Waals surface area contributed by atoms with E-state index in [4.69, 9.17) is 46.4 Å². The normalized spacial score (nSPS) is 10.3. The van der Waals surface area contributed by atoms with Crippen LogP contribution in [-0.2, 0) is 0 Å². The van der Waals surface area contributed by atoms with Crippen molar-refractivity contribution in [3.05, 3.63) is 50.3 Å². The number of aromatic nitrogens is 2. The summed E-state index contributed by atoms with van der Waals surface area (Å²) in [5, 5.41) is 3.24. The van der Waals surface area contributed by atoms with Gasteiger partial charge in [-0.05, 0) is 29.8 Å². The van der Waals surface area contributed by atoms with E-state index in [2.05, 4.69) is 15.3 Å². The van der Waals surface area contributed by atoms with E-state index in [0.717, 1.165) is 0 Å². The standard InChI is InChI=1S/C11H5Cl4N3O/c12-5-1-2-6(7(13)3-5)10(19)17-9-4-8(14)16-11(15)18-9/h1-4H,(H,16,17,18,19). The number of nitrogens with one attached hydrogen (secondary N) is 1. The van der Waals surface area contributed by atoms with Gasteiger partial charge in [0.15, 0.2) is 0 Å². The first-order valence-electron chi connectivity index (χ1n) is 4.92. The van der Waals surface area contributed by atoms with Crippen molar-refractivity contribution in [3.63, 3.8) is 0 Å². The van der Waals surface area contributed by atoms with Gasteiger partial charge < -0.3 is 5.32 Å². The van der Waals surface area contributed by atoms with Crippen molar-refractivity contribution in [3.8, 4) is 0 Å². The van der Waals surface area contributed by atoms with Gasteiger partial charge in [0.2, 0.25) is 5.28 Å². The van der Waals surface area contributed by atoms with Crippen molar-refractivity contribution in [2.45, 2.75) is 0 Å². The molecule has 2 rings (SSSR count). The lowest BCUT2D eigenvalue weighted by Gasteiger charge is -2.06. The fourth-order valence-electron chi connectivity index (χ4n) is 1.31. The number of hydrogen-bond acceptors (Lipinski definition) is 3. The average molecular weight is 337 g/mol. The summed E-state index contributed by atoms with van der Waals surface area (Å²) in [5.41, 5.74) is 0.261. The first-order valence-corrected chi connectivity index (χ1v) is 6.43. The van der Waals surface area contributed by atoms with Crippen molar-refractivity contribution >= 4 is 58.1 Å². The van der Waals surface area contributed by atoms with E-state index < -0.39 is 5.91 Å². The summed E-state index contributed by atoms with van der Waals surface area (Å²) in [7, 11) is 0. The van der Waals surface area contributed by atoms with Crippen molar-refractivity contribution in [1.29, 1.82) is 0 Å². The Morgan fingerprint density at radius 2 is 1.79 bits per heavy atom. The van der Waals surface area contributed by atoms with Crippen LogP contribution in [0.1, 0.15) is 10.4 Å². The summed E-state index contributed by atoms with van der Waals surface area (Å²) >= 11 is 23.0. The Bertz CT molecular complexity index is 628. The van der Waals surface area contributed by atoms with E-state index in [9.17, 15) is 4.79 Å². The molecule has 1 N–H and O–H groups in total. The zero-order valence-corrected chi connectivity index (χ0v) is 12.1. The van der Waals surface area contributed by atoms with E-state index in [0.29, 0.717) is 5.02 Å². The maximum Gasteiger partial charge on any atom is 0.258 e. The summed E-state index contributed by atoms with van der Waals surface area (Å²) in [6, 6.07) is 5.90. The second kappa shape index (κ2) is 5.92. The molecule has 0 aliphatic heterocycles. The minimum Gasteiger partial charge on any atom is -0.306 e. The third-order valence-electron chi connectivity index (χ3n) is 2.08. The molecule has 0 spiro atoms. The predicted octanol–water partition coefficient (Wildman–Crippen LogP) is 4.34. The maximum absolute atomic E-state index is 12.0. The molecule has 0 aliphatic carbocycles. The fraction of sp³-hybridized carbons (Fsp3) is 0. The molecule has 0 saturated carbocycles. The molecule has 0 radical (unpaired) electrons. The molecular formula is C11H5Cl4N3O. The Morgan fingerprint density at radius 3 is 2.42 bits per heavy atom. The van der Waals surface area contributed by atoms with Crippen LogP contribution in [0, 0.1) is 0 Å². The number of carbonyl (C=O) groups excluding carboxylic acids is 1. The van der Waals surface area contributed by atoms with Gasteiger partial charge in [0.05, 0.1) is 10.6 Å². The van der Waals surface area contributed by atoms with Crippen molar-refractivity contribution < 1.29 is 4.79 Å². The number of carbonyl (C=O) groups is 1. The summed E-state index contributed by atoms with van der Waals surface area (Å²) in [4.78, 5) is 19.5. The number of nitrogens with zero attached hydrogens (tertiary/aromatic N) is 2. The number of amides is 1. The molecule has 8 heteroatoms. The van der Waals surface area contributed by atoms with E-state index in [1.54, 1.807) is 6.07 Å². The highest BCUT2D eigenvalue weighted by Gasteiger charge is 2.12. The highest BCUT2D eigenvalue weighted by Crippen LogP contribution is 2.22. The zero-order chi connectivity index (χ0) is 14.0. The van der Waals surface area contributed by atoms with Crippen LogP contribution in [-0.4, -0.2) is 15.9 Å². The maximum atomic E-state index is 12.0. The third-order valence-corrected chi connectivity index (χ3v) is 3.00. The molecule has 2 aromatic rings. The molecule has 19 heavy (non-hydrogen) atoms. The Kier molecular flexibility index (Phi) is 4.47. The quantitative estimate of drug-likeness (QED) is 0.655. The molecule has 0 saturated heterocycles. The molecule has 98 valence electrons. The topological polar surface area (TPSA) is 54.9 Å². The molecule has 0 fully saturated rings. The summed E-state index contributed by atoms with van der Waals surface area (Å²) in [6.07, 6.45) is 0. The Hall–Kier alpha value is -1.07. The SMILES string of the molecule is O=C(Nc1cc(Cl)nc(Cl)n1)c1ccc(Cl)cc1Cl. The van der Waals surface area contributed by atoms with E-state index >= 15 is 0 Å².